The molecule has 120 heavy (non-hydrogen) atoms. The summed E-state index contributed by atoms with van der Waals surface area (Å²) < 4.78 is 32.0. The first kappa shape index (κ1) is 100. The van der Waals surface area contributed by atoms with E-state index in [9.17, 15) is 85.5 Å². The van der Waals surface area contributed by atoms with Crippen molar-refractivity contribution in [2.24, 2.45) is 40.7 Å². The number of imide groups is 1. The Kier molecular flexibility index (Phi) is 42.3. The molecule has 0 bridgehead atoms. The van der Waals surface area contributed by atoms with Crippen LogP contribution in [0.15, 0.2) is 60.8 Å². The largest absolute Gasteiger partial charge is 0.394 e. The summed E-state index contributed by atoms with van der Waals surface area (Å²) in [6.07, 6.45) is 0.896. The number of primary amides is 1. The number of para-hydroxylation sites is 1. The van der Waals surface area contributed by atoms with Crippen molar-refractivity contribution >= 4 is 128 Å². The number of carbonyl (C=O) groups is 15. The van der Waals surface area contributed by atoms with E-state index >= 15 is 9.59 Å². The highest BCUT2D eigenvalue weighted by atomic mass is 32.2. The van der Waals surface area contributed by atoms with E-state index in [0.717, 1.165) is 0 Å². The molecule has 0 saturated carbocycles. The molecule has 1 aliphatic heterocycles. The molecule has 1 fully saturated rings. The Labute approximate surface area is 693 Å². The number of unbranched alkanes of at least 4 members (excludes halogenated alkanes) is 3. The SMILES string of the molecule is CC[C@@H](C)[C@H](NC(=O)[C@H](CCCNC(=N)N)NC(=O)[C@@H](CCCNC(=N)N)NC(=O)[C@H](Cc1ccccc1)NC(=O)[C@@H](CC(C)C)NC(=O)[C@H](CCCNC(=N)N)NC(=O)[C@@H](Cc1c[nH]c2ccccc12)NC(=O)CNC(=O)[C@@H](CO)NC(=O)[C@@H](NC(=O)CCCCCCC(=O)ON1C(=O)CC(S(=O)(=O)O)C1=O)C(C)C)C(=O)N[C@@H](CO)C(N)=O. The molecule has 12 atom stereocenters. The van der Waals surface area contributed by atoms with Crippen LogP contribution in [-0.4, -0.2) is 245 Å². The lowest BCUT2D eigenvalue weighted by Gasteiger charge is -2.29. The molecule has 14 amide bonds. The third-order valence-electron chi connectivity index (χ3n) is 19.2. The maximum absolute atomic E-state index is 15.0. The van der Waals surface area contributed by atoms with Gasteiger partial charge in [0.05, 0.1) is 26.2 Å². The highest BCUT2D eigenvalue weighted by Crippen LogP contribution is 2.23. The number of aliphatic hydroxyl groups is 2. The van der Waals surface area contributed by atoms with Crippen LogP contribution in [0.5, 0.6) is 0 Å². The van der Waals surface area contributed by atoms with Crippen LogP contribution >= 0.6 is 0 Å². The monoisotopic (exact) mass is 1710 g/mol. The van der Waals surface area contributed by atoms with Crippen LogP contribution in [-0.2, 0) is 99.7 Å². The summed E-state index contributed by atoms with van der Waals surface area (Å²) in [7, 11) is -4.93. The molecular formula is C75H117N23O21S. The summed E-state index contributed by atoms with van der Waals surface area (Å²) in [5, 5.41) is 78.0. The summed E-state index contributed by atoms with van der Waals surface area (Å²) >= 11 is 0. The number of aromatic amines is 1. The van der Waals surface area contributed by atoms with Crippen molar-refractivity contribution in [2.45, 2.75) is 216 Å². The normalized spacial score (nSPS) is 15.4. The van der Waals surface area contributed by atoms with Gasteiger partial charge in [-0.15, -0.1) is 5.06 Å². The van der Waals surface area contributed by atoms with Crippen LogP contribution in [0.3, 0.4) is 0 Å². The van der Waals surface area contributed by atoms with Gasteiger partial charge in [-0.1, -0.05) is 109 Å². The zero-order valence-corrected chi connectivity index (χ0v) is 68.8. The molecule has 4 rings (SSSR count). The topological polar surface area (TPSA) is 723 Å². The second-order valence-corrected chi connectivity index (χ2v) is 31.2. The fraction of sp³-hybridized carbons (Fsp3) is 0.573. The Morgan fingerprint density at radius 2 is 0.975 bits per heavy atom. The summed E-state index contributed by atoms with van der Waals surface area (Å²) in [6, 6.07) is 0.515. The van der Waals surface area contributed by atoms with E-state index in [-0.39, 0.29) is 114 Å². The fourth-order valence-electron chi connectivity index (χ4n) is 12.4. The Bertz CT molecular complexity index is 4190. The molecule has 2 aromatic carbocycles. The van der Waals surface area contributed by atoms with Crippen molar-refractivity contribution in [2.75, 3.05) is 39.4 Å². The minimum atomic E-state index is -4.93. The van der Waals surface area contributed by atoms with Gasteiger partial charge < -0.3 is 117 Å². The Morgan fingerprint density at radius 1 is 0.517 bits per heavy atom. The molecule has 1 aliphatic rings. The minimum absolute atomic E-state index is 0.00154. The molecular weight excluding hydrogens is 1590 g/mol. The van der Waals surface area contributed by atoms with Gasteiger partial charge in [0.1, 0.15) is 60.4 Å². The third kappa shape index (κ3) is 34.8. The van der Waals surface area contributed by atoms with Crippen molar-refractivity contribution in [1.82, 2.24) is 84.5 Å². The maximum atomic E-state index is 15.0. The number of aromatic nitrogens is 1. The highest BCUT2D eigenvalue weighted by Gasteiger charge is 2.48. The molecule has 1 unspecified atom stereocenters. The van der Waals surface area contributed by atoms with E-state index in [1.807, 2.05) is 0 Å². The van der Waals surface area contributed by atoms with Gasteiger partial charge in [-0.3, -0.25) is 87.9 Å². The summed E-state index contributed by atoms with van der Waals surface area (Å²) in [4.78, 5) is 213. The van der Waals surface area contributed by atoms with Gasteiger partial charge in [-0.25, -0.2) is 4.79 Å². The number of aliphatic hydroxyl groups excluding tert-OH is 2. The molecule has 1 aromatic heterocycles. The number of benzene rings is 2. The predicted octanol–water partition coefficient (Wildman–Crippen LogP) is -5.26. The smallest absolute Gasteiger partial charge is 0.333 e. The number of carbonyl (C=O) groups excluding carboxylic acids is 15. The summed E-state index contributed by atoms with van der Waals surface area (Å²) in [5.74, 6) is -17.3. The summed E-state index contributed by atoms with van der Waals surface area (Å²) in [5.41, 5.74) is 23.7. The van der Waals surface area contributed by atoms with Crippen molar-refractivity contribution in [3.05, 3.63) is 71.9 Å². The first-order valence-corrected chi connectivity index (χ1v) is 40.9. The van der Waals surface area contributed by atoms with E-state index < -0.39 is 220 Å². The maximum Gasteiger partial charge on any atom is 0.333 e. The second-order valence-electron chi connectivity index (χ2n) is 29.6. The van der Waals surface area contributed by atoms with E-state index in [1.165, 1.54) is 0 Å². The van der Waals surface area contributed by atoms with Crippen molar-refractivity contribution in [3.8, 4) is 0 Å². The minimum Gasteiger partial charge on any atom is -0.394 e. The second kappa shape index (κ2) is 50.6. The van der Waals surface area contributed by atoms with E-state index in [1.54, 1.807) is 102 Å². The number of H-pyrrole nitrogens is 1. The number of hydroxylamine groups is 2. The number of nitrogens with two attached hydrogens (primary N) is 4. The van der Waals surface area contributed by atoms with Crippen molar-refractivity contribution in [1.29, 1.82) is 16.2 Å². The van der Waals surface area contributed by atoms with Crippen LogP contribution in [0.25, 0.3) is 10.9 Å². The van der Waals surface area contributed by atoms with Crippen molar-refractivity contribution in [3.63, 3.8) is 0 Å². The van der Waals surface area contributed by atoms with Gasteiger partial charge in [0.15, 0.2) is 23.1 Å². The van der Waals surface area contributed by atoms with Crippen LogP contribution in [0.1, 0.15) is 149 Å². The zero-order chi connectivity index (χ0) is 89.5. The summed E-state index contributed by atoms with van der Waals surface area (Å²) in [6.45, 7) is 7.37. The molecule has 0 spiro atoms. The lowest BCUT2D eigenvalue weighted by Crippen LogP contribution is -2.61. The van der Waals surface area contributed by atoms with Gasteiger partial charge >= 0.3 is 5.97 Å². The molecule has 0 aliphatic carbocycles. The number of nitrogens with one attached hydrogen (secondary N) is 18. The van der Waals surface area contributed by atoms with E-state index in [0.29, 0.717) is 41.3 Å². The lowest BCUT2D eigenvalue weighted by atomic mass is 9.97. The third-order valence-corrected chi connectivity index (χ3v) is 20.2. The zero-order valence-electron chi connectivity index (χ0n) is 68.0. The Balaban J connectivity index is 1.57. The quantitative estimate of drug-likeness (QED) is 0.00825. The molecule has 0 radical (unpaired) electrons. The van der Waals surface area contributed by atoms with Gasteiger partial charge in [-0.2, -0.15) is 8.42 Å². The average Bonchev–Trinajstić information content (AvgIpc) is 1.65. The fourth-order valence-corrected chi connectivity index (χ4v) is 13.1. The number of fused-ring (bicyclic) bond motifs is 1. The van der Waals surface area contributed by atoms with Crippen molar-refractivity contribution < 1.29 is 99.9 Å². The first-order valence-electron chi connectivity index (χ1n) is 39.3. The molecule has 664 valence electrons. The number of rotatable bonds is 54. The predicted molar refractivity (Wildman–Crippen MR) is 435 cm³/mol. The van der Waals surface area contributed by atoms with Gasteiger partial charge in [0.2, 0.25) is 70.9 Å². The number of amides is 14. The van der Waals surface area contributed by atoms with Crippen LogP contribution in [0, 0.1) is 34.0 Å². The molecule has 45 heteroatoms. The first-order chi connectivity index (χ1) is 56.7. The average molecular weight is 1710 g/mol. The highest BCUT2D eigenvalue weighted by molar-refractivity contribution is 7.87. The molecule has 2 heterocycles. The van der Waals surface area contributed by atoms with E-state index in [4.69, 9.17) is 44.0 Å². The Hall–Kier alpha value is -12.1. The van der Waals surface area contributed by atoms with E-state index in [2.05, 4.69) is 79.4 Å². The van der Waals surface area contributed by atoms with Crippen LogP contribution in [0.4, 0.5) is 0 Å². The standard InChI is InChI=1S/C75H117N23O21S/c1-7-42(6)61(71(114)94-53(38-99)62(76)105)97-66(109)49(26-19-31-85-75(81)82)89-64(107)47(24-17-29-83-73(77)78)90-68(111)51(33-43-20-11-10-12-21-43)93-67(110)50(32-40(2)3)92-65(108)48(25-18-30-84-74(79)80)91-69(112)52(34-44-36-86-46-23-16-15-22-45(44)46)88-57(102)37-87-63(106)54(39-100)95-70(113)60(41(4)5)96-56(101)27-13-8-9-14-28-59(104)119-98-58(103)35-55(72(98)115)120(116,117)118/h10-12,15-16,20-23,36,40-42,47-55,60-61,86,99-100H,7-9,13-14,17-19,24-35,37-39H2,1-6H3,(H2,76,105)(H,87,106)(H,88,102)(H,89,107)(H,90,111)(H,91,112)(H,92,108)(H,93,110)(H,94,114)(H,95,113)(H,96,101)(H,97,109)(H4,77,78,83)(H4,79,80,84)(H4,81,82,85)(H,116,117,118)/t42-,47-,48+,49+,50-,51+,52-,53+,54-,55?,60+,61+/m1/s1. The molecule has 1 saturated heterocycles. The van der Waals surface area contributed by atoms with Gasteiger partial charge in [-0.05, 0) is 92.7 Å². The van der Waals surface area contributed by atoms with Crippen LogP contribution < -0.4 is 97.4 Å². The lowest BCUT2D eigenvalue weighted by molar-refractivity contribution is -0.197. The molecule has 44 nitrogen and oxygen atoms in total. The number of hydrogen-bond donors (Lipinski definition) is 25. The van der Waals surface area contributed by atoms with Gasteiger partial charge in [0, 0.05) is 62.4 Å². The number of hydrogen-bond acceptors (Lipinski definition) is 23. The van der Waals surface area contributed by atoms with Crippen LogP contribution in [0.2, 0.25) is 0 Å². The van der Waals surface area contributed by atoms with Gasteiger partial charge in [0.25, 0.3) is 21.9 Å². The number of nitrogens with zero attached hydrogens (tertiary/aromatic N) is 1. The Morgan fingerprint density at radius 3 is 1.47 bits per heavy atom. The number of guanidine groups is 3. The molecule has 29 N–H and O–H groups in total. The molecule has 3 aromatic rings.